The van der Waals surface area contributed by atoms with Crippen molar-refractivity contribution in [3.63, 3.8) is 0 Å². The molecule has 0 amide bonds. The zero-order valence-corrected chi connectivity index (χ0v) is 38.6. The Morgan fingerprint density at radius 3 is 1.97 bits per heavy atom. The summed E-state index contributed by atoms with van der Waals surface area (Å²) in [6, 6.07) is 48.2. The van der Waals surface area contributed by atoms with Crippen LogP contribution < -0.4 is 36.3 Å². The van der Waals surface area contributed by atoms with E-state index in [0.717, 1.165) is 6.42 Å². The van der Waals surface area contributed by atoms with E-state index >= 15 is 0 Å². The van der Waals surface area contributed by atoms with Crippen LogP contribution in [0.5, 0.6) is 0 Å². The van der Waals surface area contributed by atoms with Gasteiger partial charge < -0.3 is 14.7 Å². The van der Waals surface area contributed by atoms with Crippen LogP contribution in [0.25, 0.3) is 0 Å². The Labute approximate surface area is 365 Å². The van der Waals surface area contributed by atoms with Gasteiger partial charge in [-0.2, -0.15) is 0 Å². The minimum absolute atomic E-state index is 0.0538. The molecule has 0 aromatic heterocycles. The summed E-state index contributed by atoms with van der Waals surface area (Å²) in [6.45, 7) is 20.4. The summed E-state index contributed by atoms with van der Waals surface area (Å²) in [5.74, 6) is 0. The molecule has 4 atom stereocenters. The van der Waals surface area contributed by atoms with E-state index in [4.69, 9.17) is 0 Å². The molecule has 4 aliphatic heterocycles. The first-order valence-electron chi connectivity index (χ1n) is 23.4. The minimum atomic E-state index is -1.76. The lowest BCUT2D eigenvalue weighted by molar-refractivity contribution is 0.194. The van der Waals surface area contributed by atoms with E-state index in [-0.39, 0.29) is 28.6 Å². The molecule has 2 fully saturated rings. The third-order valence-electron chi connectivity index (χ3n) is 17.3. The predicted octanol–water partition coefficient (Wildman–Crippen LogP) is 12.0. The molecule has 4 unspecified atom stereocenters. The second-order valence-electron chi connectivity index (χ2n) is 21.5. The van der Waals surface area contributed by atoms with Crippen LogP contribution in [0, 0.1) is 13.8 Å². The highest BCUT2D eigenvalue weighted by atomic mass is 28.3. The first-order chi connectivity index (χ1) is 29.3. The molecule has 2 aliphatic carbocycles. The summed E-state index contributed by atoms with van der Waals surface area (Å²) in [7, 11) is -1.76. The quantitative estimate of drug-likeness (QED) is 0.164. The monoisotopic (exact) mass is 813 g/mol. The molecule has 2 saturated carbocycles. The molecule has 0 spiro atoms. The molecular weight excluding hydrogens is 754 g/mol. The topological polar surface area (TPSA) is 9.72 Å². The molecule has 0 radical (unpaired) electrons. The highest BCUT2D eigenvalue weighted by molar-refractivity contribution is 7.01. The van der Waals surface area contributed by atoms with Gasteiger partial charge in [-0.3, -0.25) is 0 Å². The fourth-order valence-corrected chi connectivity index (χ4v) is 15.7. The van der Waals surface area contributed by atoms with Crippen LogP contribution in [0.2, 0.25) is 19.6 Å². The average Bonchev–Trinajstić information content (AvgIpc) is 3.62. The first kappa shape index (κ1) is 37.7. The molecule has 4 heterocycles. The van der Waals surface area contributed by atoms with E-state index in [0.29, 0.717) is 0 Å². The standard InChI is InChI=1S/C56H60BN3Si/c1-37-31-38(2)50-47(32-37)59(54(4)28-18-17-27-53(50,54)3)41-33-48-51-49(34-41)60-52-43(56(39-21-11-9-12-22-39)30-20-19-29-55(56,60)5)35-42(61(6,7)8)36-45(52)57(51)44-25-15-16-26-46(44)58(48)40-23-13-10-14-24-40/h9-16,21-26,31-36H,17-20,27-30H2,1-8H3. The Morgan fingerprint density at radius 2 is 1.21 bits per heavy atom. The number of nitrogens with zero attached hydrogens (tertiary/aromatic N) is 3. The van der Waals surface area contributed by atoms with Crippen molar-refractivity contribution in [3.8, 4) is 0 Å². The summed E-state index contributed by atoms with van der Waals surface area (Å²) in [5.41, 5.74) is 21.1. The Morgan fingerprint density at radius 1 is 0.557 bits per heavy atom. The van der Waals surface area contributed by atoms with Gasteiger partial charge in [-0.25, -0.2) is 0 Å². The van der Waals surface area contributed by atoms with Crippen LogP contribution >= 0.6 is 0 Å². The largest absolute Gasteiger partial charge is 0.335 e. The van der Waals surface area contributed by atoms with Crippen molar-refractivity contribution >= 4 is 76.2 Å². The molecule has 12 rings (SSSR count). The number of fused-ring (bicyclic) bond motifs is 10. The second-order valence-corrected chi connectivity index (χ2v) is 26.6. The smallest absolute Gasteiger partial charge is 0.252 e. The van der Waals surface area contributed by atoms with Crippen molar-refractivity contribution in [1.82, 2.24) is 0 Å². The van der Waals surface area contributed by atoms with E-state index in [1.807, 2.05) is 0 Å². The fraction of sp³-hybridized carbons (Fsp3) is 0.357. The van der Waals surface area contributed by atoms with Gasteiger partial charge in [0.05, 0.1) is 19.2 Å². The number of hydrogen-bond acceptors (Lipinski definition) is 3. The van der Waals surface area contributed by atoms with Crippen LogP contribution in [0.4, 0.5) is 39.8 Å². The summed E-state index contributed by atoms with van der Waals surface area (Å²) >= 11 is 0. The van der Waals surface area contributed by atoms with Crippen molar-refractivity contribution < 1.29 is 0 Å². The molecule has 5 heteroatoms. The van der Waals surface area contributed by atoms with Gasteiger partial charge in [0, 0.05) is 50.6 Å². The number of anilines is 7. The number of rotatable bonds is 4. The first-order valence-corrected chi connectivity index (χ1v) is 26.9. The number of aryl methyl sites for hydroxylation is 2. The van der Waals surface area contributed by atoms with Gasteiger partial charge >= 0.3 is 0 Å². The maximum Gasteiger partial charge on any atom is 0.252 e. The molecule has 6 aromatic carbocycles. The van der Waals surface area contributed by atoms with E-state index in [1.54, 1.807) is 16.3 Å². The van der Waals surface area contributed by atoms with Crippen LogP contribution in [-0.2, 0) is 10.8 Å². The molecule has 0 N–H and O–H groups in total. The van der Waals surface area contributed by atoms with Crippen molar-refractivity contribution in [2.45, 2.75) is 128 Å². The van der Waals surface area contributed by atoms with Crippen molar-refractivity contribution in [2.24, 2.45) is 0 Å². The number of benzene rings is 6. The lowest BCUT2D eigenvalue weighted by atomic mass is 9.33. The lowest BCUT2D eigenvalue weighted by Crippen LogP contribution is -2.65. The van der Waals surface area contributed by atoms with Crippen LogP contribution in [0.15, 0.2) is 121 Å². The van der Waals surface area contributed by atoms with Gasteiger partial charge in [0.15, 0.2) is 0 Å². The minimum Gasteiger partial charge on any atom is -0.335 e. The molecule has 0 bridgehead atoms. The highest BCUT2D eigenvalue weighted by Gasteiger charge is 2.65. The SMILES string of the molecule is Cc1cc(C)c2c(c1)N(c1cc3c4c(c1)N1c5c(cc([Si](C)(C)C)cc5C5(c6ccccc6)CCCCC15C)B4c1ccccc1N3c1ccccc1)C1(C)CCCCC21C. The van der Waals surface area contributed by atoms with E-state index in [9.17, 15) is 0 Å². The normalized spacial score (nSPS) is 26.6. The van der Waals surface area contributed by atoms with Gasteiger partial charge in [-0.05, 0) is 134 Å². The predicted molar refractivity (Wildman–Crippen MR) is 264 cm³/mol. The lowest BCUT2D eigenvalue weighted by Gasteiger charge is -2.54. The van der Waals surface area contributed by atoms with Gasteiger partial charge in [0.1, 0.15) is 0 Å². The molecule has 306 valence electrons. The summed E-state index contributed by atoms with van der Waals surface area (Å²) in [6.07, 6.45) is 9.76. The average molecular weight is 814 g/mol. The van der Waals surface area contributed by atoms with Gasteiger partial charge in [0.25, 0.3) is 6.71 Å². The molecule has 0 saturated heterocycles. The number of hydrogen-bond donors (Lipinski definition) is 0. The Hall–Kier alpha value is -5.00. The molecular formula is C56H60BN3Si. The maximum absolute atomic E-state index is 2.97. The Balaban J connectivity index is 1.24. The van der Waals surface area contributed by atoms with Crippen LogP contribution in [-0.4, -0.2) is 25.9 Å². The fourth-order valence-electron chi connectivity index (χ4n) is 14.5. The van der Waals surface area contributed by atoms with Crippen LogP contribution in [0.1, 0.15) is 100.0 Å². The summed E-state index contributed by atoms with van der Waals surface area (Å²) in [4.78, 5) is 8.47. The molecule has 3 nitrogen and oxygen atoms in total. The third-order valence-corrected chi connectivity index (χ3v) is 19.3. The summed E-state index contributed by atoms with van der Waals surface area (Å²) < 4.78 is 0. The van der Waals surface area contributed by atoms with Gasteiger partial charge in [-0.15, -0.1) is 0 Å². The maximum atomic E-state index is 2.97. The third kappa shape index (κ3) is 4.66. The van der Waals surface area contributed by atoms with Gasteiger partial charge in [0.2, 0.25) is 0 Å². The zero-order chi connectivity index (χ0) is 41.8. The van der Waals surface area contributed by atoms with E-state index in [2.05, 4.69) is 190 Å². The van der Waals surface area contributed by atoms with E-state index < -0.39 is 8.07 Å². The number of para-hydroxylation sites is 2. The Kier molecular flexibility index (Phi) is 7.77. The van der Waals surface area contributed by atoms with Crippen LogP contribution in [0.3, 0.4) is 0 Å². The van der Waals surface area contributed by atoms with Gasteiger partial charge in [-0.1, -0.05) is 142 Å². The molecule has 6 aliphatic rings. The van der Waals surface area contributed by atoms with E-state index in [1.165, 1.54) is 118 Å². The summed E-state index contributed by atoms with van der Waals surface area (Å²) in [5, 5.41) is 1.58. The highest BCUT2D eigenvalue weighted by Crippen LogP contribution is 2.66. The Bertz CT molecular complexity index is 2810. The zero-order valence-electron chi connectivity index (χ0n) is 37.6. The van der Waals surface area contributed by atoms with Crippen molar-refractivity contribution in [1.29, 1.82) is 0 Å². The van der Waals surface area contributed by atoms with Crippen molar-refractivity contribution in [3.05, 3.63) is 149 Å². The molecule has 6 aromatic rings. The van der Waals surface area contributed by atoms with Crippen molar-refractivity contribution in [2.75, 3.05) is 14.7 Å². The molecule has 61 heavy (non-hydrogen) atoms. The second kappa shape index (κ2) is 12.6.